The first-order valence-corrected chi connectivity index (χ1v) is 8.33. The zero-order valence-electron chi connectivity index (χ0n) is 12.5. The topological polar surface area (TPSA) is 23.8 Å². The fourth-order valence-corrected chi connectivity index (χ4v) is 4.04. The summed E-state index contributed by atoms with van der Waals surface area (Å²) >= 11 is 0. The second-order valence-corrected chi connectivity index (χ2v) is 6.79. The third-order valence-corrected chi connectivity index (χ3v) is 5.25. The number of aryl methyl sites for hydroxylation is 2. The average Bonchev–Trinajstić information content (AvgIpc) is 2.89. The van der Waals surface area contributed by atoms with Gasteiger partial charge in [-0.3, -0.25) is 0 Å². The Morgan fingerprint density at radius 3 is 2.35 bits per heavy atom. The third-order valence-electron chi connectivity index (χ3n) is 5.25. The highest BCUT2D eigenvalue weighted by Crippen LogP contribution is 2.37. The van der Waals surface area contributed by atoms with Gasteiger partial charge in [-0.2, -0.15) is 5.26 Å². The summed E-state index contributed by atoms with van der Waals surface area (Å²) in [4.78, 5) is 0. The number of benzene rings is 1. The van der Waals surface area contributed by atoms with E-state index in [4.69, 9.17) is 0 Å². The molecule has 1 aromatic rings. The lowest BCUT2D eigenvalue weighted by Gasteiger charge is -2.29. The molecule has 0 heterocycles. The highest BCUT2D eigenvalue weighted by atomic mass is 14.4. The van der Waals surface area contributed by atoms with E-state index in [0.717, 1.165) is 19.3 Å². The molecule has 0 aromatic heterocycles. The molecule has 1 fully saturated rings. The van der Waals surface area contributed by atoms with Crippen molar-refractivity contribution in [3.8, 4) is 6.07 Å². The van der Waals surface area contributed by atoms with E-state index in [0.29, 0.717) is 0 Å². The van der Waals surface area contributed by atoms with Crippen LogP contribution in [0.1, 0.15) is 68.1 Å². The van der Waals surface area contributed by atoms with E-state index in [1.165, 1.54) is 62.5 Å². The van der Waals surface area contributed by atoms with Gasteiger partial charge in [-0.05, 0) is 55.2 Å². The van der Waals surface area contributed by atoms with Gasteiger partial charge in [0.1, 0.15) is 0 Å². The van der Waals surface area contributed by atoms with Crippen molar-refractivity contribution in [1.29, 1.82) is 5.26 Å². The molecule has 106 valence electrons. The number of nitrogens with zero attached hydrogens (tertiary/aromatic N) is 1. The fourth-order valence-electron chi connectivity index (χ4n) is 4.04. The molecule has 1 saturated carbocycles. The molecule has 0 amide bonds. The summed E-state index contributed by atoms with van der Waals surface area (Å²) in [5.74, 6) is 0. The standard InChI is InChI=1S/C19H25N/c20-15-19(11-4-2-1-3-5-12-19)14-16-9-10-17-7-6-8-18(17)13-16/h9-10,13H,1-8,11-12,14H2. The number of hydrogen-bond donors (Lipinski definition) is 0. The summed E-state index contributed by atoms with van der Waals surface area (Å²) in [7, 11) is 0. The number of hydrogen-bond acceptors (Lipinski definition) is 1. The minimum Gasteiger partial charge on any atom is -0.198 e. The van der Waals surface area contributed by atoms with Gasteiger partial charge in [0.05, 0.1) is 11.5 Å². The highest BCUT2D eigenvalue weighted by molar-refractivity contribution is 5.36. The molecule has 0 saturated heterocycles. The van der Waals surface area contributed by atoms with Gasteiger partial charge in [-0.1, -0.05) is 50.3 Å². The van der Waals surface area contributed by atoms with Gasteiger partial charge in [0, 0.05) is 0 Å². The lowest BCUT2D eigenvalue weighted by atomic mass is 9.73. The molecule has 2 aliphatic carbocycles. The summed E-state index contributed by atoms with van der Waals surface area (Å²) in [6, 6.07) is 9.68. The van der Waals surface area contributed by atoms with E-state index in [1.54, 1.807) is 5.56 Å². The molecule has 1 heteroatoms. The van der Waals surface area contributed by atoms with Gasteiger partial charge in [0.15, 0.2) is 0 Å². The molecule has 2 aliphatic rings. The summed E-state index contributed by atoms with van der Waals surface area (Å²) in [5.41, 5.74) is 4.39. The Balaban J connectivity index is 1.78. The molecule has 0 bridgehead atoms. The molecule has 20 heavy (non-hydrogen) atoms. The molecule has 0 radical (unpaired) electrons. The summed E-state index contributed by atoms with van der Waals surface area (Å²) in [6.45, 7) is 0. The Kier molecular flexibility index (Phi) is 4.10. The van der Waals surface area contributed by atoms with E-state index < -0.39 is 0 Å². The van der Waals surface area contributed by atoms with Crippen LogP contribution in [-0.4, -0.2) is 0 Å². The predicted octanol–water partition coefficient (Wildman–Crippen LogP) is 4.97. The van der Waals surface area contributed by atoms with E-state index in [9.17, 15) is 5.26 Å². The average molecular weight is 267 g/mol. The molecular formula is C19H25N. The second-order valence-electron chi connectivity index (χ2n) is 6.79. The molecule has 1 aromatic carbocycles. The Morgan fingerprint density at radius 1 is 0.900 bits per heavy atom. The van der Waals surface area contributed by atoms with Gasteiger partial charge in [-0.25, -0.2) is 0 Å². The summed E-state index contributed by atoms with van der Waals surface area (Å²) in [6.07, 6.45) is 13.4. The van der Waals surface area contributed by atoms with Crippen LogP contribution in [0.3, 0.4) is 0 Å². The van der Waals surface area contributed by atoms with E-state index in [-0.39, 0.29) is 5.41 Å². The molecule has 0 atom stereocenters. The van der Waals surface area contributed by atoms with Crippen LogP contribution in [-0.2, 0) is 19.3 Å². The third kappa shape index (κ3) is 2.90. The van der Waals surface area contributed by atoms with E-state index in [2.05, 4.69) is 24.3 Å². The van der Waals surface area contributed by atoms with Gasteiger partial charge in [0.2, 0.25) is 0 Å². The Hall–Kier alpha value is -1.29. The van der Waals surface area contributed by atoms with Gasteiger partial charge in [0.25, 0.3) is 0 Å². The van der Waals surface area contributed by atoms with Crippen LogP contribution in [0.4, 0.5) is 0 Å². The van der Waals surface area contributed by atoms with Crippen LogP contribution < -0.4 is 0 Å². The van der Waals surface area contributed by atoms with Gasteiger partial charge < -0.3 is 0 Å². The molecule has 1 nitrogen and oxygen atoms in total. The maximum absolute atomic E-state index is 9.76. The van der Waals surface area contributed by atoms with Crippen molar-refractivity contribution in [2.75, 3.05) is 0 Å². The minimum atomic E-state index is -0.0900. The van der Waals surface area contributed by atoms with Gasteiger partial charge >= 0.3 is 0 Å². The molecule has 0 aliphatic heterocycles. The zero-order chi connectivity index (χ0) is 13.8. The van der Waals surface area contributed by atoms with Crippen LogP contribution in [0.25, 0.3) is 0 Å². The first-order chi connectivity index (χ1) is 9.81. The van der Waals surface area contributed by atoms with E-state index >= 15 is 0 Å². The second kappa shape index (κ2) is 6.00. The van der Waals surface area contributed by atoms with Crippen molar-refractivity contribution >= 4 is 0 Å². The zero-order valence-corrected chi connectivity index (χ0v) is 12.5. The largest absolute Gasteiger partial charge is 0.198 e. The van der Waals surface area contributed by atoms with E-state index in [1.807, 2.05) is 0 Å². The maximum Gasteiger partial charge on any atom is 0.0693 e. The van der Waals surface area contributed by atoms with Crippen LogP contribution in [0.15, 0.2) is 18.2 Å². The van der Waals surface area contributed by atoms with Crippen molar-refractivity contribution in [2.45, 2.75) is 70.6 Å². The van der Waals surface area contributed by atoms with Crippen molar-refractivity contribution < 1.29 is 0 Å². The van der Waals surface area contributed by atoms with Crippen LogP contribution in [0, 0.1) is 16.7 Å². The number of rotatable bonds is 2. The molecule has 0 N–H and O–H groups in total. The minimum absolute atomic E-state index is 0.0900. The van der Waals surface area contributed by atoms with Crippen molar-refractivity contribution in [3.05, 3.63) is 34.9 Å². The summed E-state index contributed by atoms with van der Waals surface area (Å²) < 4.78 is 0. The monoisotopic (exact) mass is 267 g/mol. The molecule has 0 unspecified atom stereocenters. The quantitative estimate of drug-likeness (QED) is 0.742. The first kappa shape index (κ1) is 13.7. The molecule has 0 spiro atoms. The summed E-state index contributed by atoms with van der Waals surface area (Å²) in [5, 5.41) is 9.76. The molecular weight excluding hydrogens is 242 g/mol. The normalized spacial score (nSPS) is 21.6. The predicted molar refractivity (Wildman–Crippen MR) is 82.5 cm³/mol. The van der Waals surface area contributed by atoms with Crippen LogP contribution in [0.5, 0.6) is 0 Å². The number of fused-ring (bicyclic) bond motifs is 1. The maximum atomic E-state index is 9.76. The Labute approximate surface area is 123 Å². The SMILES string of the molecule is N#CC1(Cc2ccc3c(c2)CCC3)CCCCCCC1. The lowest BCUT2D eigenvalue weighted by Crippen LogP contribution is -2.23. The molecule has 3 rings (SSSR count). The Morgan fingerprint density at radius 2 is 1.60 bits per heavy atom. The highest BCUT2D eigenvalue weighted by Gasteiger charge is 2.30. The number of nitriles is 1. The van der Waals surface area contributed by atoms with Crippen LogP contribution >= 0.6 is 0 Å². The van der Waals surface area contributed by atoms with Crippen molar-refractivity contribution in [2.24, 2.45) is 5.41 Å². The van der Waals surface area contributed by atoms with Crippen molar-refractivity contribution in [3.63, 3.8) is 0 Å². The lowest BCUT2D eigenvalue weighted by molar-refractivity contribution is 0.287. The van der Waals surface area contributed by atoms with Crippen LogP contribution in [0.2, 0.25) is 0 Å². The fraction of sp³-hybridized carbons (Fsp3) is 0.632. The first-order valence-electron chi connectivity index (χ1n) is 8.33. The Bertz CT molecular complexity index is 501. The smallest absolute Gasteiger partial charge is 0.0693 e. The van der Waals surface area contributed by atoms with Gasteiger partial charge in [-0.15, -0.1) is 0 Å². The van der Waals surface area contributed by atoms with Crippen molar-refractivity contribution in [1.82, 2.24) is 0 Å².